The Morgan fingerprint density at radius 2 is 1.83 bits per heavy atom. The molecule has 0 aromatic rings. The summed E-state index contributed by atoms with van der Waals surface area (Å²) in [4.78, 5) is 22.5. The molecule has 24 heavy (non-hydrogen) atoms. The number of carboxylic acids is 1. The number of aliphatic carboxylic acids is 1. The van der Waals surface area contributed by atoms with Gasteiger partial charge in [0.2, 0.25) is 0 Å². The van der Waals surface area contributed by atoms with E-state index in [0.717, 1.165) is 38.5 Å². The zero-order valence-electron chi connectivity index (χ0n) is 14.9. The van der Waals surface area contributed by atoms with E-state index in [2.05, 4.69) is 18.8 Å². The number of rotatable bonds is 11. The lowest BCUT2D eigenvalue weighted by atomic mass is 9.89. The molecule has 4 heteroatoms. The molecule has 3 atom stereocenters. The second-order valence-corrected chi connectivity index (χ2v) is 6.85. The van der Waals surface area contributed by atoms with Crippen molar-refractivity contribution in [3.05, 3.63) is 0 Å². The molecule has 1 saturated carbocycles. The number of hydrogen-bond acceptors (Lipinski definition) is 3. The van der Waals surface area contributed by atoms with E-state index in [9.17, 15) is 14.7 Å². The van der Waals surface area contributed by atoms with E-state index in [1.54, 1.807) is 0 Å². The van der Waals surface area contributed by atoms with Gasteiger partial charge in [0.15, 0.2) is 0 Å². The summed E-state index contributed by atoms with van der Waals surface area (Å²) in [6.45, 7) is 2.18. The third kappa shape index (κ3) is 7.97. The molecule has 4 nitrogen and oxygen atoms in total. The first-order valence-corrected chi connectivity index (χ1v) is 9.47. The molecule has 0 radical (unpaired) electrons. The topological polar surface area (TPSA) is 74.6 Å². The fourth-order valence-corrected chi connectivity index (χ4v) is 3.31. The van der Waals surface area contributed by atoms with Crippen LogP contribution in [0.4, 0.5) is 0 Å². The molecule has 0 heterocycles. The van der Waals surface area contributed by atoms with E-state index in [1.165, 1.54) is 19.3 Å². The van der Waals surface area contributed by atoms with E-state index < -0.39 is 12.1 Å². The Hall–Kier alpha value is -1.34. The molecule has 0 saturated heterocycles. The largest absolute Gasteiger partial charge is 0.481 e. The quantitative estimate of drug-likeness (QED) is 0.442. The van der Waals surface area contributed by atoms with Crippen LogP contribution in [0.5, 0.6) is 0 Å². The number of hydrogen-bond donors (Lipinski definition) is 2. The van der Waals surface area contributed by atoms with Gasteiger partial charge in [-0.2, -0.15) is 0 Å². The van der Waals surface area contributed by atoms with Crippen molar-refractivity contribution in [1.82, 2.24) is 0 Å². The molecule has 0 amide bonds. The van der Waals surface area contributed by atoms with Gasteiger partial charge in [0, 0.05) is 25.2 Å². The fourth-order valence-electron chi connectivity index (χ4n) is 3.31. The van der Waals surface area contributed by atoms with Crippen LogP contribution in [0.25, 0.3) is 0 Å². The molecular weight excluding hydrogens is 304 g/mol. The maximum atomic E-state index is 12.1. The van der Waals surface area contributed by atoms with E-state index in [1.807, 2.05) is 0 Å². The number of aliphatic hydroxyl groups is 1. The minimum absolute atomic E-state index is 0.136. The second-order valence-electron chi connectivity index (χ2n) is 6.85. The summed E-state index contributed by atoms with van der Waals surface area (Å²) in [5.74, 6) is 5.36. The number of ketones is 1. The van der Waals surface area contributed by atoms with Crippen molar-refractivity contribution < 1.29 is 19.8 Å². The van der Waals surface area contributed by atoms with Gasteiger partial charge in [-0.05, 0) is 19.3 Å². The van der Waals surface area contributed by atoms with E-state index in [4.69, 9.17) is 5.11 Å². The molecule has 136 valence electrons. The highest BCUT2D eigenvalue weighted by Gasteiger charge is 2.39. The second kappa shape index (κ2) is 12.1. The molecule has 0 spiro atoms. The summed E-state index contributed by atoms with van der Waals surface area (Å²) < 4.78 is 0. The Bertz CT molecular complexity index is 446. The summed E-state index contributed by atoms with van der Waals surface area (Å²) in [5.41, 5.74) is 0. The number of carbonyl (C=O) groups excluding carboxylic acids is 1. The number of Topliss-reactive ketones (excluding diaryl/α,β-unsaturated/α-hetero) is 1. The Labute approximate surface area is 146 Å². The van der Waals surface area contributed by atoms with Gasteiger partial charge in [-0.3, -0.25) is 9.59 Å². The number of carboxylic acid groups (broad SMARTS) is 1. The van der Waals surface area contributed by atoms with Crippen LogP contribution in [0, 0.1) is 23.7 Å². The molecule has 1 fully saturated rings. The summed E-state index contributed by atoms with van der Waals surface area (Å²) in [6.07, 6.45) is 9.57. The van der Waals surface area contributed by atoms with Crippen molar-refractivity contribution in [3.63, 3.8) is 0 Å². The normalized spacial score (nSPS) is 23.1. The van der Waals surface area contributed by atoms with Crippen molar-refractivity contribution in [1.29, 1.82) is 0 Å². The van der Waals surface area contributed by atoms with Crippen LogP contribution in [0.1, 0.15) is 84.0 Å². The van der Waals surface area contributed by atoms with Gasteiger partial charge in [0.25, 0.3) is 0 Å². The summed E-state index contributed by atoms with van der Waals surface area (Å²) in [5, 5.41) is 18.7. The Kier molecular flexibility index (Phi) is 10.4. The molecular formula is C20H32O4. The molecule has 1 aliphatic carbocycles. The maximum absolute atomic E-state index is 12.1. The summed E-state index contributed by atoms with van der Waals surface area (Å²) in [6, 6.07) is 0. The summed E-state index contributed by atoms with van der Waals surface area (Å²) >= 11 is 0. The zero-order valence-corrected chi connectivity index (χ0v) is 14.9. The van der Waals surface area contributed by atoms with Crippen molar-refractivity contribution >= 4 is 11.8 Å². The molecule has 1 aliphatic rings. The van der Waals surface area contributed by atoms with Crippen molar-refractivity contribution in [2.45, 2.75) is 90.1 Å². The average Bonchev–Trinajstić information content (AvgIpc) is 2.80. The lowest BCUT2D eigenvalue weighted by Gasteiger charge is -2.15. The maximum Gasteiger partial charge on any atom is 0.303 e. The lowest BCUT2D eigenvalue weighted by molar-refractivity contribution is -0.137. The highest BCUT2D eigenvalue weighted by Crippen LogP contribution is 2.32. The number of aliphatic hydroxyl groups excluding tert-OH is 1. The van der Waals surface area contributed by atoms with Crippen LogP contribution in [0.15, 0.2) is 0 Å². The molecule has 0 aromatic carbocycles. The lowest BCUT2D eigenvalue weighted by Crippen LogP contribution is -2.19. The van der Waals surface area contributed by atoms with Gasteiger partial charge in [-0.1, -0.05) is 51.4 Å². The number of unbranched alkanes of at least 4 members (excludes halogenated alkanes) is 7. The SMILES string of the molecule is CCCCCCC#C[C@@H]1[C@H](O)CC(=O)[C@@H]1CCCCCCC(=O)O. The highest BCUT2D eigenvalue weighted by atomic mass is 16.4. The Balaban J connectivity index is 2.33. The minimum Gasteiger partial charge on any atom is -0.481 e. The molecule has 0 unspecified atom stereocenters. The third-order valence-electron chi connectivity index (χ3n) is 4.75. The number of carbonyl (C=O) groups is 2. The monoisotopic (exact) mass is 336 g/mol. The van der Waals surface area contributed by atoms with E-state index in [-0.39, 0.29) is 30.5 Å². The highest BCUT2D eigenvalue weighted by molar-refractivity contribution is 5.84. The van der Waals surface area contributed by atoms with Crippen LogP contribution in [-0.4, -0.2) is 28.1 Å². The molecule has 2 N–H and O–H groups in total. The van der Waals surface area contributed by atoms with Gasteiger partial charge < -0.3 is 10.2 Å². The van der Waals surface area contributed by atoms with E-state index in [0.29, 0.717) is 6.42 Å². The van der Waals surface area contributed by atoms with Gasteiger partial charge in [0.1, 0.15) is 5.78 Å². The van der Waals surface area contributed by atoms with Crippen molar-refractivity contribution in [3.8, 4) is 11.8 Å². The van der Waals surface area contributed by atoms with Crippen LogP contribution >= 0.6 is 0 Å². The van der Waals surface area contributed by atoms with Gasteiger partial charge in [-0.25, -0.2) is 0 Å². The van der Waals surface area contributed by atoms with Crippen LogP contribution in [0.3, 0.4) is 0 Å². The van der Waals surface area contributed by atoms with Crippen LogP contribution < -0.4 is 0 Å². The smallest absolute Gasteiger partial charge is 0.303 e. The average molecular weight is 336 g/mol. The van der Waals surface area contributed by atoms with Gasteiger partial charge in [-0.15, -0.1) is 5.92 Å². The summed E-state index contributed by atoms with van der Waals surface area (Å²) in [7, 11) is 0. The predicted molar refractivity (Wildman–Crippen MR) is 94.5 cm³/mol. The van der Waals surface area contributed by atoms with Gasteiger partial charge >= 0.3 is 5.97 Å². The molecule has 0 aliphatic heterocycles. The van der Waals surface area contributed by atoms with Crippen molar-refractivity contribution in [2.24, 2.45) is 11.8 Å². The third-order valence-corrected chi connectivity index (χ3v) is 4.75. The molecule has 0 bridgehead atoms. The first kappa shape index (κ1) is 20.7. The first-order chi connectivity index (χ1) is 11.6. The molecule has 0 aromatic heterocycles. The zero-order chi connectivity index (χ0) is 17.8. The molecule has 1 rings (SSSR count). The fraction of sp³-hybridized carbons (Fsp3) is 0.800. The predicted octanol–water partition coefficient (Wildman–Crippen LogP) is 3.95. The Morgan fingerprint density at radius 3 is 2.54 bits per heavy atom. The Morgan fingerprint density at radius 1 is 1.12 bits per heavy atom. The van der Waals surface area contributed by atoms with Crippen LogP contribution in [0.2, 0.25) is 0 Å². The first-order valence-electron chi connectivity index (χ1n) is 9.47. The van der Waals surface area contributed by atoms with Gasteiger partial charge in [0.05, 0.1) is 12.0 Å². The van der Waals surface area contributed by atoms with Crippen LogP contribution in [-0.2, 0) is 9.59 Å². The van der Waals surface area contributed by atoms with E-state index >= 15 is 0 Å². The van der Waals surface area contributed by atoms with Crippen molar-refractivity contribution in [2.75, 3.05) is 0 Å². The minimum atomic E-state index is -0.752. The standard InChI is InChI=1S/C20H32O4/c1-2-3-4-5-6-9-12-16-17(19(22)15-18(16)21)13-10-7-8-11-14-20(23)24/h16-18,21H,2-8,10-11,13-15H2,1H3,(H,23,24)/t16-,17+,18+/m0/s1.